The minimum absolute atomic E-state index is 0.00898. The molecular formula is C21H23Cl2N3O2. The molecule has 5 nitrogen and oxygen atoms in total. The standard InChI is InChI=1S/C21H23Cl2N3O2/c1-14-5-7-26(8-6-14)21(28)15-3-2-4-18(9-15)25-20(27)13-24-19-11-16(22)10-17(23)12-19/h2-4,9-12,14,24H,5-8,13H2,1H3,(H,25,27). The van der Waals surface area contributed by atoms with Crippen LogP contribution in [0.4, 0.5) is 11.4 Å². The zero-order valence-corrected chi connectivity index (χ0v) is 17.2. The molecule has 1 heterocycles. The molecule has 148 valence electrons. The highest BCUT2D eigenvalue weighted by Crippen LogP contribution is 2.22. The Morgan fingerprint density at radius 1 is 1.04 bits per heavy atom. The van der Waals surface area contributed by atoms with Gasteiger partial charge in [-0.1, -0.05) is 36.2 Å². The zero-order valence-electron chi connectivity index (χ0n) is 15.7. The van der Waals surface area contributed by atoms with Gasteiger partial charge in [-0.2, -0.15) is 0 Å². The minimum atomic E-state index is -0.229. The Balaban J connectivity index is 1.57. The first-order valence-electron chi connectivity index (χ1n) is 9.30. The van der Waals surface area contributed by atoms with Gasteiger partial charge in [0.05, 0.1) is 6.54 Å². The molecule has 0 radical (unpaired) electrons. The van der Waals surface area contributed by atoms with Gasteiger partial charge in [-0.05, 0) is 55.2 Å². The van der Waals surface area contributed by atoms with Crippen molar-refractivity contribution in [3.63, 3.8) is 0 Å². The van der Waals surface area contributed by atoms with E-state index in [1.54, 1.807) is 42.5 Å². The molecule has 0 bridgehead atoms. The summed E-state index contributed by atoms with van der Waals surface area (Å²) in [7, 11) is 0. The maximum atomic E-state index is 12.7. The summed E-state index contributed by atoms with van der Waals surface area (Å²) in [5, 5.41) is 6.78. The number of likely N-dealkylation sites (tertiary alicyclic amines) is 1. The van der Waals surface area contributed by atoms with Crippen molar-refractivity contribution in [2.45, 2.75) is 19.8 Å². The largest absolute Gasteiger partial charge is 0.376 e. The highest BCUT2D eigenvalue weighted by atomic mass is 35.5. The summed E-state index contributed by atoms with van der Waals surface area (Å²) in [6.45, 7) is 3.83. The predicted molar refractivity (Wildman–Crippen MR) is 114 cm³/mol. The normalized spacial score (nSPS) is 14.6. The fraction of sp³-hybridized carbons (Fsp3) is 0.333. The predicted octanol–water partition coefficient (Wildman–Crippen LogP) is 4.92. The number of carbonyl (C=O) groups is 2. The van der Waals surface area contributed by atoms with Crippen LogP contribution in [0.3, 0.4) is 0 Å². The van der Waals surface area contributed by atoms with E-state index in [1.807, 2.05) is 4.90 Å². The van der Waals surface area contributed by atoms with Gasteiger partial charge in [0, 0.05) is 40.1 Å². The number of rotatable bonds is 5. The first-order valence-corrected chi connectivity index (χ1v) is 10.1. The van der Waals surface area contributed by atoms with Crippen LogP contribution < -0.4 is 10.6 Å². The molecule has 1 fully saturated rings. The van der Waals surface area contributed by atoms with Gasteiger partial charge < -0.3 is 15.5 Å². The van der Waals surface area contributed by atoms with Gasteiger partial charge in [0.2, 0.25) is 5.91 Å². The quantitative estimate of drug-likeness (QED) is 0.722. The van der Waals surface area contributed by atoms with Crippen LogP contribution >= 0.6 is 23.2 Å². The van der Waals surface area contributed by atoms with Crippen LogP contribution in [0.5, 0.6) is 0 Å². The van der Waals surface area contributed by atoms with Crippen molar-refractivity contribution >= 4 is 46.4 Å². The van der Waals surface area contributed by atoms with E-state index in [0.29, 0.717) is 32.9 Å². The Labute approximate surface area is 175 Å². The van der Waals surface area contributed by atoms with Gasteiger partial charge in [-0.25, -0.2) is 0 Å². The van der Waals surface area contributed by atoms with Crippen molar-refractivity contribution in [3.05, 3.63) is 58.1 Å². The second-order valence-corrected chi connectivity index (χ2v) is 7.99. The van der Waals surface area contributed by atoms with Crippen LogP contribution in [0, 0.1) is 5.92 Å². The molecule has 2 N–H and O–H groups in total. The molecule has 1 aliphatic heterocycles. The molecule has 2 amide bonds. The first kappa shape index (κ1) is 20.5. The molecule has 0 unspecified atom stereocenters. The maximum absolute atomic E-state index is 12.7. The number of carbonyl (C=O) groups excluding carboxylic acids is 2. The van der Waals surface area contributed by atoms with Crippen molar-refractivity contribution in [2.75, 3.05) is 30.3 Å². The van der Waals surface area contributed by atoms with Crippen molar-refractivity contribution in [3.8, 4) is 0 Å². The third-order valence-electron chi connectivity index (χ3n) is 4.78. The highest BCUT2D eigenvalue weighted by molar-refractivity contribution is 6.35. The molecule has 1 saturated heterocycles. The van der Waals surface area contributed by atoms with Gasteiger partial charge in [-0.3, -0.25) is 9.59 Å². The maximum Gasteiger partial charge on any atom is 0.253 e. The van der Waals surface area contributed by atoms with E-state index >= 15 is 0 Å². The average Bonchev–Trinajstić information content (AvgIpc) is 2.66. The molecule has 0 aromatic heterocycles. The monoisotopic (exact) mass is 419 g/mol. The molecule has 7 heteroatoms. The van der Waals surface area contributed by atoms with Crippen molar-refractivity contribution in [1.29, 1.82) is 0 Å². The first-order chi connectivity index (χ1) is 13.4. The van der Waals surface area contributed by atoms with Gasteiger partial charge in [0.1, 0.15) is 0 Å². The Bertz CT molecular complexity index is 844. The van der Waals surface area contributed by atoms with Crippen LogP contribution in [-0.2, 0) is 4.79 Å². The summed E-state index contributed by atoms with van der Waals surface area (Å²) < 4.78 is 0. The molecule has 0 spiro atoms. The van der Waals surface area contributed by atoms with E-state index in [-0.39, 0.29) is 18.4 Å². The third-order valence-corrected chi connectivity index (χ3v) is 5.22. The summed E-state index contributed by atoms with van der Waals surface area (Å²) in [6.07, 6.45) is 2.06. The van der Waals surface area contributed by atoms with E-state index < -0.39 is 0 Å². The number of anilines is 2. The summed E-state index contributed by atoms with van der Waals surface area (Å²) in [5.74, 6) is 0.443. The smallest absolute Gasteiger partial charge is 0.253 e. The lowest BCUT2D eigenvalue weighted by Crippen LogP contribution is -2.37. The number of piperidine rings is 1. The fourth-order valence-corrected chi connectivity index (χ4v) is 3.69. The molecule has 28 heavy (non-hydrogen) atoms. The summed E-state index contributed by atoms with van der Waals surface area (Å²) >= 11 is 11.9. The number of nitrogens with one attached hydrogen (secondary N) is 2. The number of nitrogens with zero attached hydrogens (tertiary/aromatic N) is 1. The Morgan fingerprint density at radius 2 is 1.71 bits per heavy atom. The van der Waals surface area contributed by atoms with E-state index in [9.17, 15) is 9.59 Å². The van der Waals surface area contributed by atoms with Crippen LogP contribution in [0.15, 0.2) is 42.5 Å². The highest BCUT2D eigenvalue weighted by Gasteiger charge is 2.21. The van der Waals surface area contributed by atoms with E-state index in [1.165, 1.54) is 0 Å². The minimum Gasteiger partial charge on any atom is -0.376 e. The van der Waals surface area contributed by atoms with E-state index in [2.05, 4.69) is 17.6 Å². The second-order valence-electron chi connectivity index (χ2n) is 7.12. The number of hydrogen-bond donors (Lipinski definition) is 2. The van der Waals surface area contributed by atoms with Crippen molar-refractivity contribution in [2.24, 2.45) is 5.92 Å². The SMILES string of the molecule is CC1CCN(C(=O)c2cccc(NC(=O)CNc3cc(Cl)cc(Cl)c3)c2)CC1. The Morgan fingerprint density at radius 3 is 2.39 bits per heavy atom. The number of hydrogen-bond acceptors (Lipinski definition) is 3. The van der Waals surface area contributed by atoms with Gasteiger partial charge in [0.15, 0.2) is 0 Å². The third kappa shape index (κ3) is 5.63. The number of halogens is 2. The molecule has 0 aliphatic carbocycles. The summed E-state index contributed by atoms with van der Waals surface area (Å²) in [6, 6.07) is 12.1. The lowest BCUT2D eigenvalue weighted by molar-refractivity contribution is -0.114. The lowest BCUT2D eigenvalue weighted by atomic mass is 9.98. The van der Waals surface area contributed by atoms with Gasteiger partial charge >= 0.3 is 0 Å². The van der Waals surface area contributed by atoms with Crippen LogP contribution in [-0.4, -0.2) is 36.3 Å². The molecule has 2 aromatic carbocycles. The molecule has 3 rings (SSSR count). The lowest BCUT2D eigenvalue weighted by Gasteiger charge is -2.30. The molecule has 1 aliphatic rings. The topological polar surface area (TPSA) is 61.4 Å². The second kappa shape index (κ2) is 9.30. The Hall–Kier alpha value is -2.24. The number of benzene rings is 2. The van der Waals surface area contributed by atoms with Gasteiger partial charge in [0.25, 0.3) is 5.91 Å². The Kier molecular flexibility index (Phi) is 6.81. The van der Waals surface area contributed by atoms with Crippen LogP contribution in [0.2, 0.25) is 10.0 Å². The summed E-state index contributed by atoms with van der Waals surface area (Å²) in [5.41, 5.74) is 1.84. The molecule has 0 atom stereocenters. The average molecular weight is 420 g/mol. The molecule has 2 aromatic rings. The molecular weight excluding hydrogens is 397 g/mol. The van der Waals surface area contributed by atoms with Gasteiger partial charge in [-0.15, -0.1) is 0 Å². The van der Waals surface area contributed by atoms with Crippen molar-refractivity contribution in [1.82, 2.24) is 4.90 Å². The van der Waals surface area contributed by atoms with Crippen LogP contribution in [0.25, 0.3) is 0 Å². The zero-order chi connectivity index (χ0) is 20.1. The fourth-order valence-electron chi connectivity index (χ4n) is 3.17. The molecule has 0 saturated carbocycles. The van der Waals surface area contributed by atoms with Crippen molar-refractivity contribution < 1.29 is 9.59 Å². The number of amides is 2. The van der Waals surface area contributed by atoms with Crippen LogP contribution in [0.1, 0.15) is 30.1 Å². The van der Waals surface area contributed by atoms with E-state index in [0.717, 1.165) is 25.9 Å². The van der Waals surface area contributed by atoms with E-state index in [4.69, 9.17) is 23.2 Å². The summed E-state index contributed by atoms with van der Waals surface area (Å²) in [4.78, 5) is 26.8.